The molecule has 2 aliphatic rings. The van der Waals surface area contributed by atoms with Crippen molar-refractivity contribution in [3.8, 4) is 0 Å². The Labute approximate surface area is 216 Å². The maximum absolute atomic E-state index is 11.8. The summed E-state index contributed by atoms with van der Waals surface area (Å²) in [6.07, 6.45) is 14.4. The largest absolute Gasteiger partial charge is 0.298 e. The van der Waals surface area contributed by atoms with Crippen LogP contribution in [0.3, 0.4) is 0 Å². The van der Waals surface area contributed by atoms with Crippen LogP contribution in [0, 0.1) is 16.2 Å². The van der Waals surface area contributed by atoms with Gasteiger partial charge in [0, 0.05) is 34.9 Å². The van der Waals surface area contributed by atoms with E-state index in [2.05, 4.69) is 17.9 Å². The van der Waals surface area contributed by atoms with Crippen LogP contribution in [-0.4, -0.2) is 42.4 Å². The molecule has 1 aliphatic heterocycles. The lowest BCUT2D eigenvalue weighted by atomic mass is 9.82. The fourth-order valence-electron chi connectivity index (χ4n) is 3.47. The van der Waals surface area contributed by atoms with Gasteiger partial charge in [-0.1, -0.05) is 93.9 Å². The molecule has 4 heteroatoms. The third-order valence-electron chi connectivity index (χ3n) is 5.79. The number of hydrogen-bond acceptors (Lipinski definition) is 4. The quantitative estimate of drug-likeness (QED) is 0.376. The molecule has 0 saturated carbocycles. The zero-order chi connectivity index (χ0) is 27.4. The second-order valence-corrected chi connectivity index (χ2v) is 12.9. The third kappa shape index (κ3) is 13.8. The molecule has 0 amide bonds. The van der Waals surface area contributed by atoms with E-state index in [1.165, 1.54) is 12.8 Å². The van der Waals surface area contributed by atoms with E-state index >= 15 is 0 Å². The predicted octanol–water partition coefficient (Wildman–Crippen LogP) is 7.53. The lowest BCUT2D eigenvalue weighted by molar-refractivity contribution is -0.123. The predicted molar refractivity (Wildman–Crippen MR) is 150 cm³/mol. The highest BCUT2D eigenvalue weighted by atomic mass is 16.1. The SMILES string of the molecule is CC(C)(C)C(=O)C1=CCCCC1.CCC/C=C/C(=O)C(C)(C)C.CN1CC=C(C(=O)C(C)(C)C)C1. The zero-order valence-corrected chi connectivity index (χ0v) is 24.6. The molecule has 0 fully saturated rings. The average molecular weight is 488 g/mol. The molecule has 0 radical (unpaired) electrons. The summed E-state index contributed by atoms with van der Waals surface area (Å²) in [5.74, 6) is 0.833. The molecular weight excluding hydrogens is 434 g/mol. The second-order valence-electron chi connectivity index (χ2n) is 12.9. The summed E-state index contributed by atoms with van der Waals surface area (Å²) >= 11 is 0. The van der Waals surface area contributed by atoms with Crippen LogP contribution in [0.5, 0.6) is 0 Å². The van der Waals surface area contributed by atoms with Crippen LogP contribution >= 0.6 is 0 Å². The summed E-state index contributed by atoms with van der Waals surface area (Å²) in [4.78, 5) is 36.9. The minimum atomic E-state index is -0.225. The van der Waals surface area contributed by atoms with E-state index in [9.17, 15) is 14.4 Å². The van der Waals surface area contributed by atoms with Gasteiger partial charge in [0.1, 0.15) is 0 Å². The Balaban J connectivity index is 0.000000496. The zero-order valence-electron chi connectivity index (χ0n) is 24.6. The normalized spacial score (nSPS) is 17.0. The maximum atomic E-state index is 11.8. The highest BCUT2D eigenvalue weighted by molar-refractivity contribution is 6.00. The number of Topliss-reactive ketones (excluding diaryl/α,β-unsaturated/α-hetero) is 2. The Morgan fingerprint density at radius 3 is 1.74 bits per heavy atom. The average Bonchev–Trinajstić information content (AvgIpc) is 3.18. The van der Waals surface area contributed by atoms with Crippen molar-refractivity contribution in [2.75, 3.05) is 20.1 Å². The van der Waals surface area contributed by atoms with Crippen molar-refractivity contribution in [3.63, 3.8) is 0 Å². The van der Waals surface area contributed by atoms with Crippen LogP contribution < -0.4 is 0 Å². The molecule has 0 bridgehead atoms. The number of likely N-dealkylation sites (N-methyl/N-ethyl adjacent to an activating group) is 1. The van der Waals surface area contributed by atoms with Crippen molar-refractivity contribution in [1.82, 2.24) is 4.90 Å². The highest BCUT2D eigenvalue weighted by Crippen LogP contribution is 2.26. The van der Waals surface area contributed by atoms with E-state index < -0.39 is 0 Å². The van der Waals surface area contributed by atoms with E-state index in [4.69, 9.17) is 0 Å². The first kappa shape index (κ1) is 33.2. The number of carbonyl (C=O) groups is 3. The number of nitrogens with zero attached hydrogens (tertiary/aromatic N) is 1. The number of hydrogen-bond donors (Lipinski definition) is 0. The van der Waals surface area contributed by atoms with Gasteiger partial charge in [-0.25, -0.2) is 0 Å². The summed E-state index contributed by atoms with van der Waals surface area (Å²) < 4.78 is 0. The molecule has 0 unspecified atom stereocenters. The van der Waals surface area contributed by atoms with Crippen molar-refractivity contribution < 1.29 is 14.4 Å². The van der Waals surface area contributed by atoms with Crippen molar-refractivity contribution in [2.45, 2.75) is 108 Å². The minimum Gasteiger partial charge on any atom is -0.298 e. The van der Waals surface area contributed by atoms with Crippen LogP contribution in [-0.2, 0) is 14.4 Å². The summed E-state index contributed by atoms with van der Waals surface area (Å²) in [7, 11) is 2.03. The van der Waals surface area contributed by atoms with E-state index in [1.807, 2.05) is 81.5 Å². The summed E-state index contributed by atoms with van der Waals surface area (Å²) in [6, 6.07) is 0. The molecule has 0 spiro atoms. The van der Waals surface area contributed by atoms with Gasteiger partial charge < -0.3 is 0 Å². The lowest BCUT2D eigenvalue weighted by Crippen LogP contribution is -2.25. The van der Waals surface area contributed by atoms with Gasteiger partial charge in [0.25, 0.3) is 0 Å². The second kappa shape index (κ2) is 14.7. The Kier molecular flexibility index (Phi) is 13.9. The molecular formula is C31H53NO3. The van der Waals surface area contributed by atoms with E-state index in [1.54, 1.807) is 6.08 Å². The summed E-state index contributed by atoms with van der Waals surface area (Å²) in [6.45, 7) is 21.5. The third-order valence-corrected chi connectivity index (χ3v) is 5.79. The Bertz CT molecular complexity index is 793. The number of carbonyl (C=O) groups excluding carboxylic acids is 3. The molecule has 0 N–H and O–H groups in total. The Hall–Kier alpha value is -1.81. The Morgan fingerprint density at radius 1 is 0.829 bits per heavy atom. The number of unbranched alkanes of at least 4 members (excludes halogenated alkanes) is 1. The first-order valence-electron chi connectivity index (χ1n) is 13.3. The lowest BCUT2D eigenvalue weighted by Gasteiger charge is -2.20. The topological polar surface area (TPSA) is 54.5 Å². The first-order chi connectivity index (χ1) is 15.9. The van der Waals surface area contributed by atoms with Crippen molar-refractivity contribution in [3.05, 3.63) is 35.5 Å². The molecule has 0 aromatic rings. The maximum Gasteiger partial charge on any atom is 0.165 e. The number of ketones is 3. The standard InChI is InChI=1S/C11H18O.C10H17NO.C10H18O/c1-11(2,3)10(12)9-7-5-4-6-8-9;1-10(2,3)9(12)8-5-6-11(4)7-8;1-5-6-7-8-9(11)10(2,3)4/h7H,4-6,8H2,1-3H3;5H,6-7H2,1-4H3;7-8H,5-6H2,1-4H3/b;;8-7+. The fraction of sp³-hybridized carbons (Fsp3) is 0.710. The van der Waals surface area contributed by atoms with Gasteiger partial charge in [0.15, 0.2) is 17.3 Å². The van der Waals surface area contributed by atoms with Gasteiger partial charge in [0.05, 0.1) is 0 Å². The van der Waals surface area contributed by atoms with E-state index in [0.717, 1.165) is 49.9 Å². The molecule has 0 atom stereocenters. The molecule has 0 aromatic carbocycles. The van der Waals surface area contributed by atoms with Crippen molar-refractivity contribution in [2.24, 2.45) is 16.2 Å². The van der Waals surface area contributed by atoms with Crippen LogP contribution in [0.1, 0.15) is 108 Å². The van der Waals surface area contributed by atoms with Crippen LogP contribution in [0.2, 0.25) is 0 Å². The summed E-state index contributed by atoms with van der Waals surface area (Å²) in [5, 5.41) is 0. The first-order valence-corrected chi connectivity index (χ1v) is 13.3. The van der Waals surface area contributed by atoms with Gasteiger partial charge in [-0.05, 0) is 50.8 Å². The van der Waals surface area contributed by atoms with Crippen LogP contribution in [0.15, 0.2) is 35.5 Å². The number of allylic oxidation sites excluding steroid dienone is 4. The van der Waals surface area contributed by atoms with E-state index in [-0.39, 0.29) is 27.8 Å². The fourth-order valence-corrected chi connectivity index (χ4v) is 3.47. The molecule has 0 saturated heterocycles. The van der Waals surface area contributed by atoms with E-state index in [0.29, 0.717) is 5.78 Å². The smallest absolute Gasteiger partial charge is 0.165 e. The Morgan fingerprint density at radius 2 is 1.37 bits per heavy atom. The highest BCUT2D eigenvalue weighted by Gasteiger charge is 2.27. The van der Waals surface area contributed by atoms with Crippen molar-refractivity contribution >= 4 is 17.3 Å². The molecule has 1 aliphatic carbocycles. The minimum absolute atomic E-state index is 0.191. The van der Waals surface area contributed by atoms with Gasteiger partial charge >= 0.3 is 0 Å². The van der Waals surface area contributed by atoms with Crippen molar-refractivity contribution in [1.29, 1.82) is 0 Å². The molecule has 200 valence electrons. The summed E-state index contributed by atoms with van der Waals surface area (Å²) in [5.41, 5.74) is 1.41. The van der Waals surface area contributed by atoms with Gasteiger partial charge in [-0.15, -0.1) is 0 Å². The van der Waals surface area contributed by atoms with Gasteiger partial charge in [-0.3, -0.25) is 19.3 Å². The number of rotatable bonds is 5. The molecule has 4 nitrogen and oxygen atoms in total. The molecule has 0 aromatic heterocycles. The van der Waals surface area contributed by atoms with Crippen LogP contribution in [0.4, 0.5) is 0 Å². The van der Waals surface area contributed by atoms with Gasteiger partial charge in [-0.2, -0.15) is 0 Å². The monoisotopic (exact) mass is 487 g/mol. The molecule has 1 heterocycles. The molecule has 2 rings (SSSR count). The molecule has 35 heavy (non-hydrogen) atoms. The van der Waals surface area contributed by atoms with Crippen LogP contribution in [0.25, 0.3) is 0 Å². The van der Waals surface area contributed by atoms with Gasteiger partial charge in [0.2, 0.25) is 0 Å².